The molecular weight excluding hydrogens is 394 g/mol. The maximum atomic E-state index is 13.3. The molecule has 3 heterocycles. The molecule has 0 aliphatic heterocycles. The minimum absolute atomic E-state index is 0.0235. The Balaban J connectivity index is 1.49. The first-order chi connectivity index (χ1) is 15.1. The Labute approximate surface area is 179 Å². The average Bonchev–Trinajstić information content (AvgIpc) is 3.48. The fourth-order valence-electron chi connectivity index (χ4n) is 4.16. The van der Waals surface area contributed by atoms with Crippen molar-refractivity contribution in [2.45, 2.75) is 51.7 Å². The lowest BCUT2D eigenvalue weighted by molar-refractivity contribution is -0.141. The molecule has 31 heavy (non-hydrogen) atoms. The summed E-state index contributed by atoms with van der Waals surface area (Å²) in [6, 6.07) is 12.1. The number of para-hydroxylation sites is 2. The van der Waals surface area contributed by atoms with E-state index in [1.54, 1.807) is 10.8 Å². The minimum Gasteiger partial charge on any atom is -0.466 e. The standard InChI is InChI=1S/C23H25N5O3/c1-16(29)31-14-5-4-13-26-19-8-3-2-7-18(19)25-21(26)15-27-22-20(9-6-12-24-22)28(23(27)30)17-10-11-17/h2-3,6-9,12,17H,4-5,10-11,13-15H2,1H3. The van der Waals surface area contributed by atoms with Crippen molar-refractivity contribution >= 4 is 28.2 Å². The molecule has 3 aromatic heterocycles. The summed E-state index contributed by atoms with van der Waals surface area (Å²) in [4.78, 5) is 33.6. The van der Waals surface area contributed by atoms with Crippen molar-refractivity contribution in [3.05, 3.63) is 58.9 Å². The van der Waals surface area contributed by atoms with Crippen molar-refractivity contribution in [3.8, 4) is 0 Å². The molecule has 0 radical (unpaired) electrons. The molecule has 0 atom stereocenters. The van der Waals surface area contributed by atoms with Gasteiger partial charge in [0, 0.05) is 25.7 Å². The van der Waals surface area contributed by atoms with Crippen molar-refractivity contribution in [3.63, 3.8) is 0 Å². The number of carbonyl (C=O) groups is 1. The van der Waals surface area contributed by atoms with Crippen LogP contribution in [0, 0.1) is 0 Å². The summed E-state index contributed by atoms with van der Waals surface area (Å²) in [5.74, 6) is 0.573. The van der Waals surface area contributed by atoms with Gasteiger partial charge in [-0.2, -0.15) is 0 Å². The summed E-state index contributed by atoms with van der Waals surface area (Å²) in [5, 5.41) is 0. The summed E-state index contributed by atoms with van der Waals surface area (Å²) in [6.07, 6.45) is 5.42. The Morgan fingerprint density at radius 1 is 1.10 bits per heavy atom. The molecule has 160 valence electrons. The Morgan fingerprint density at radius 2 is 1.90 bits per heavy atom. The van der Waals surface area contributed by atoms with Gasteiger partial charge < -0.3 is 9.30 Å². The average molecular weight is 419 g/mol. The quantitative estimate of drug-likeness (QED) is 0.323. The van der Waals surface area contributed by atoms with Crippen LogP contribution in [0.4, 0.5) is 0 Å². The van der Waals surface area contributed by atoms with Crippen LogP contribution >= 0.6 is 0 Å². The number of rotatable bonds is 8. The second-order valence-electron chi connectivity index (χ2n) is 8.03. The number of ether oxygens (including phenoxy) is 1. The van der Waals surface area contributed by atoms with Gasteiger partial charge in [-0.3, -0.25) is 13.9 Å². The number of fused-ring (bicyclic) bond motifs is 2. The molecule has 0 amide bonds. The topological polar surface area (TPSA) is 83.9 Å². The highest BCUT2D eigenvalue weighted by Crippen LogP contribution is 2.35. The number of nitrogens with zero attached hydrogens (tertiary/aromatic N) is 5. The lowest BCUT2D eigenvalue weighted by Gasteiger charge is -2.10. The molecule has 0 bridgehead atoms. The first kappa shape index (κ1) is 19.5. The fraction of sp³-hybridized carbons (Fsp3) is 0.391. The van der Waals surface area contributed by atoms with Crippen LogP contribution in [-0.4, -0.2) is 36.2 Å². The first-order valence-electron chi connectivity index (χ1n) is 10.8. The number of hydrogen-bond acceptors (Lipinski definition) is 5. The molecular formula is C23H25N5O3. The molecule has 1 aromatic carbocycles. The lowest BCUT2D eigenvalue weighted by Crippen LogP contribution is -2.25. The van der Waals surface area contributed by atoms with Crippen LogP contribution in [0.15, 0.2) is 47.4 Å². The maximum absolute atomic E-state index is 13.3. The zero-order valence-electron chi connectivity index (χ0n) is 17.5. The summed E-state index contributed by atoms with van der Waals surface area (Å²) < 4.78 is 10.8. The fourth-order valence-corrected chi connectivity index (χ4v) is 4.16. The smallest absolute Gasteiger partial charge is 0.331 e. The molecule has 0 spiro atoms. The van der Waals surface area contributed by atoms with Crippen LogP contribution in [0.2, 0.25) is 0 Å². The molecule has 8 nitrogen and oxygen atoms in total. The monoisotopic (exact) mass is 419 g/mol. The van der Waals surface area contributed by atoms with Gasteiger partial charge in [-0.05, 0) is 49.9 Å². The zero-order chi connectivity index (χ0) is 21.4. The summed E-state index contributed by atoms with van der Waals surface area (Å²) in [5.41, 5.74) is 3.51. The molecule has 4 aromatic rings. The second-order valence-corrected chi connectivity index (χ2v) is 8.03. The van der Waals surface area contributed by atoms with Crippen molar-refractivity contribution in [1.82, 2.24) is 23.7 Å². The molecule has 0 N–H and O–H groups in total. The van der Waals surface area contributed by atoms with E-state index < -0.39 is 0 Å². The van der Waals surface area contributed by atoms with E-state index in [4.69, 9.17) is 9.72 Å². The van der Waals surface area contributed by atoms with Crippen molar-refractivity contribution < 1.29 is 9.53 Å². The van der Waals surface area contributed by atoms with Gasteiger partial charge >= 0.3 is 11.7 Å². The Bertz CT molecular complexity index is 1310. The molecule has 0 unspecified atom stereocenters. The summed E-state index contributed by atoms with van der Waals surface area (Å²) in [6.45, 7) is 2.94. The largest absolute Gasteiger partial charge is 0.466 e. The number of pyridine rings is 1. The van der Waals surface area contributed by atoms with Crippen LogP contribution in [0.25, 0.3) is 22.2 Å². The predicted octanol–water partition coefficient (Wildman–Crippen LogP) is 3.27. The molecule has 1 fully saturated rings. The molecule has 5 rings (SSSR count). The number of unbranched alkanes of at least 4 members (excludes halogenated alkanes) is 1. The SMILES string of the molecule is CC(=O)OCCCCn1c(Cn2c(=O)n(C3CC3)c3cccnc32)nc2ccccc21. The van der Waals surface area contributed by atoms with Crippen molar-refractivity contribution in [2.75, 3.05) is 6.61 Å². The Kier molecular flexibility index (Phi) is 5.05. The summed E-state index contributed by atoms with van der Waals surface area (Å²) in [7, 11) is 0. The number of aryl methyl sites for hydroxylation is 1. The normalized spacial score (nSPS) is 13.8. The van der Waals surface area contributed by atoms with Gasteiger partial charge in [0.1, 0.15) is 5.82 Å². The predicted molar refractivity (Wildman–Crippen MR) is 117 cm³/mol. The highest BCUT2D eigenvalue weighted by Gasteiger charge is 2.29. The number of esters is 1. The van der Waals surface area contributed by atoms with Crippen LogP contribution in [0.1, 0.15) is 44.5 Å². The molecule has 1 saturated carbocycles. The van der Waals surface area contributed by atoms with Crippen LogP contribution in [0.3, 0.4) is 0 Å². The molecule has 8 heteroatoms. The molecule has 1 aliphatic carbocycles. The van der Waals surface area contributed by atoms with E-state index in [1.807, 2.05) is 41.0 Å². The van der Waals surface area contributed by atoms with E-state index in [-0.39, 0.29) is 17.7 Å². The van der Waals surface area contributed by atoms with Gasteiger partial charge in [0.2, 0.25) is 0 Å². The van der Waals surface area contributed by atoms with E-state index in [2.05, 4.69) is 9.55 Å². The summed E-state index contributed by atoms with van der Waals surface area (Å²) >= 11 is 0. The van der Waals surface area contributed by atoms with Gasteiger partial charge in [0.25, 0.3) is 0 Å². The maximum Gasteiger partial charge on any atom is 0.331 e. The van der Waals surface area contributed by atoms with E-state index in [9.17, 15) is 9.59 Å². The van der Waals surface area contributed by atoms with E-state index >= 15 is 0 Å². The highest BCUT2D eigenvalue weighted by molar-refractivity contribution is 5.76. The van der Waals surface area contributed by atoms with Gasteiger partial charge in [-0.1, -0.05) is 12.1 Å². The highest BCUT2D eigenvalue weighted by atomic mass is 16.5. The Hall–Kier alpha value is -3.42. The number of hydrogen-bond donors (Lipinski definition) is 0. The van der Waals surface area contributed by atoms with Crippen molar-refractivity contribution in [1.29, 1.82) is 0 Å². The third-order valence-corrected chi connectivity index (χ3v) is 5.74. The van der Waals surface area contributed by atoms with E-state index in [0.717, 1.165) is 54.6 Å². The number of carbonyl (C=O) groups excluding carboxylic acids is 1. The van der Waals surface area contributed by atoms with E-state index in [1.165, 1.54) is 6.92 Å². The first-order valence-corrected chi connectivity index (χ1v) is 10.8. The van der Waals surface area contributed by atoms with Gasteiger partial charge in [0.15, 0.2) is 5.65 Å². The van der Waals surface area contributed by atoms with Gasteiger partial charge in [0.05, 0.1) is 29.7 Å². The van der Waals surface area contributed by atoms with Crippen molar-refractivity contribution in [2.24, 2.45) is 0 Å². The minimum atomic E-state index is -0.257. The van der Waals surface area contributed by atoms with Gasteiger partial charge in [-0.15, -0.1) is 0 Å². The third-order valence-electron chi connectivity index (χ3n) is 5.74. The lowest BCUT2D eigenvalue weighted by atomic mass is 10.3. The van der Waals surface area contributed by atoms with Crippen LogP contribution in [0.5, 0.6) is 0 Å². The van der Waals surface area contributed by atoms with Crippen LogP contribution < -0.4 is 5.69 Å². The number of imidazole rings is 2. The zero-order valence-corrected chi connectivity index (χ0v) is 17.5. The number of aromatic nitrogens is 5. The number of benzene rings is 1. The third kappa shape index (κ3) is 3.73. The second kappa shape index (κ2) is 8.02. The van der Waals surface area contributed by atoms with Crippen LogP contribution in [-0.2, 0) is 22.6 Å². The molecule has 0 saturated heterocycles. The van der Waals surface area contributed by atoms with Gasteiger partial charge in [-0.25, -0.2) is 14.8 Å². The van der Waals surface area contributed by atoms with E-state index in [0.29, 0.717) is 18.8 Å². The Morgan fingerprint density at radius 3 is 2.71 bits per heavy atom. The molecule has 1 aliphatic rings.